The standard InChI is InChI=1S/C11H14BrN3O2/c1-7(16)8-4-2-3-5-15(8)10-9(12)11(17)14-6-13-10/h6,8H,2-5H2,1H3,(H,13,14,17). The summed E-state index contributed by atoms with van der Waals surface area (Å²) in [4.78, 5) is 31.7. The molecule has 1 aromatic heterocycles. The number of Topliss-reactive ketones (excluding diaryl/α,β-unsaturated/α-hetero) is 1. The summed E-state index contributed by atoms with van der Waals surface area (Å²) < 4.78 is 0.396. The molecule has 1 aliphatic heterocycles. The molecule has 1 N–H and O–H groups in total. The zero-order valence-corrected chi connectivity index (χ0v) is 11.2. The largest absolute Gasteiger partial charge is 0.345 e. The molecular formula is C11H14BrN3O2. The molecule has 6 heteroatoms. The molecule has 0 spiro atoms. The van der Waals surface area contributed by atoms with Crippen LogP contribution < -0.4 is 10.5 Å². The van der Waals surface area contributed by atoms with Gasteiger partial charge in [0.25, 0.3) is 5.56 Å². The average molecular weight is 300 g/mol. The molecule has 92 valence electrons. The number of piperidine rings is 1. The van der Waals surface area contributed by atoms with Gasteiger partial charge in [0, 0.05) is 6.54 Å². The first-order valence-electron chi connectivity index (χ1n) is 5.61. The van der Waals surface area contributed by atoms with Crippen molar-refractivity contribution in [2.45, 2.75) is 32.2 Å². The van der Waals surface area contributed by atoms with Crippen LogP contribution in [0.4, 0.5) is 5.82 Å². The van der Waals surface area contributed by atoms with Crippen molar-refractivity contribution in [3.05, 3.63) is 21.2 Å². The van der Waals surface area contributed by atoms with E-state index in [-0.39, 0.29) is 17.4 Å². The lowest BCUT2D eigenvalue weighted by Crippen LogP contribution is -2.45. The van der Waals surface area contributed by atoms with E-state index in [0.29, 0.717) is 10.3 Å². The summed E-state index contributed by atoms with van der Waals surface area (Å²) in [5, 5.41) is 0. The number of rotatable bonds is 2. The Labute approximate surface area is 107 Å². The molecule has 2 rings (SSSR count). The first-order valence-corrected chi connectivity index (χ1v) is 6.41. The van der Waals surface area contributed by atoms with Gasteiger partial charge in [0.15, 0.2) is 11.6 Å². The fourth-order valence-electron chi connectivity index (χ4n) is 2.18. The van der Waals surface area contributed by atoms with Gasteiger partial charge < -0.3 is 9.88 Å². The van der Waals surface area contributed by atoms with Crippen LogP contribution in [0.15, 0.2) is 15.6 Å². The van der Waals surface area contributed by atoms with Gasteiger partial charge in [0.2, 0.25) is 0 Å². The predicted molar refractivity (Wildman–Crippen MR) is 68.2 cm³/mol. The van der Waals surface area contributed by atoms with Gasteiger partial charge in [-0.3, -0.25) is 9.59 Å². The highest BCUT2D eigenvalue weighted by Crippen LogP contribution is 2.27. The molecule has 1 fully saturated rings. The number of ketones is 1. The maximum Gasteiger partial charge on any atom is 0.267 e. The van der Waals surface area contributed by atoms with Crippen LogP contribution in [-0.2, 0) is 4.79 Å². The molecule has 0 bridgehead atoms. The molecule has 1 atom stereocenters. The Hall–Kier alpha value is -1.17. The van der Waals surface area contributed by atoms with Crippen molar-refractivity contribution in [2.75, 3.05) is 11.4 Å². The van der Waals surface area contributed by atoms with E-state index in [0.717, 1.165) is 25.8 Å². The van der Waals surface area contributed by atoms with E-state index in [2.05, 4.69) is 25.9 Å². The van der Waals surface area contributed by atoms with Crippen molar-refractivity contribution in [1.29, 1.82) is 0 Å². The lowest BCUT2D eigenvalue weighted by Gasteiger charge is -2.35. The molecule has 0 aromatic carbocycles. The van der Waals surface area contributed by atoms with E-state index < -0.39 is 0 Å². The minimum absolute atomic E-state index is 0.124. The molecule has 0 saturated carbocycles. The Bertz CT molecular complexity index is 486. The number of halogens is 1. The second kappa shape index (κ2) is 5.00. The van der Waals surface area contributed by atoms with Crippen molar-refractivity contribution in [3.63, 3.8) is 0 Å². The zero-order valence-electron chi connectivity index (χ0n) is 9.57. The van der Waals surface area contributed by atoms with Crippen LogP contribution in [0.3, 0.4) is 0 Å². The lowest BCUT2D eigenvalue weighted by molar-refractivity contribution is -0.118. The third-order valence-corrected chi connectivity index (χ3v) is 3.74. The van der Waals surface area contributed by atoms with Crippen LogP contribution in [0.5, 0.6) is 0 Å². The van der Waals surface area contributed by atoms with Gasteiger partial charge >= 0.3 is 0 Å². The lowest BCUT2D eigenvalue weighted by atomic mass is 9.99. The first-order chi connectivity index (χ1) is 8.11. The Balaban J connectivity index is 2.39. The zero-order chi connectivity index (χ0) is 12.4. The number of anilines is 1. The molecule has 1 aliphatic rings. The van der Waals surface area contributed by atoms with Crippen molar-refractivity contribution in [3.8, 4) is 0 Å². The van der Waals surface area contributed by atoms with Crippen molar-refractivity contribution >= 4 is 27.5 Å². The smallest absolute Gasteiger partial charge is 0.267 e. The van der Waals surface area contributed by atoms with Gasteiger partial charge in [0.05, 0.1) is 12.4 Å². The van der Waals surface area contributed by atoms with Crippen LogP contribution in [0.25, 0.3) is 0 Å². The van der Waals surface area contributed by atoms with Crippen molar-refractivity contribution in [1.82, 2.24) is 9.97 Å². The van der Waals surface area contributed by atoms with Gasteiger partial charge in [-0.2, -0.15) is 0 Å². The minimum atomic E-state index is -0.220. The van der Waals surface area contributed by atoms with E-state index in [1.54, 1.807) is 6.92 Å². The minimum Gasteiger partial charge on any atom is -0.345 e. The molecule has 2 heterocycles. The van der Waals surface area contributed by atoms with Gasteiger partial charge in [0.1, 0.15) is 4.47 Å². The molecule has 0 amide bonds. The maximum absolute atomic E-state index is 11.6. The van der Waals surface area contributed by atoms with E-state index in [4.69, 9.17) is 0 Å². The van der Waals surface area contributed by atoms with E-state index in [9.17, 15) is 9.59 Å². The number of carbonyl (C=O) groups is 1. The summed E-state index contributed by atoms with van der Waals surface area (Å²) in [6, 6.07) is -0.158. The molecule has 0 aliphatic carbocycles. The average Bonchev–Trinajstić information content (AvgIpc) is 2.33. The third kappa shape index (κ3) is 2.41. The summed E-state index contributed by atoms with van der Waals surface area (Å²) in [7, 11) is 0. The highest BCUT2D eigenvalue weighted by atomic mass is 79.9. The first kappa shape index (κ1) is 12.3. The number of nitrogens with one attached hydrogen (secondary N) is 1. The Morgan fingerprint density at radius 1 is 1.59 bits per heavy atom. The highest BCUT2D eigenvalue weighted by molar-refractivity contribution is 9.10. The summed E-state index contributed by atoms with van der Waals surface area (Å²) in [6.07, 6.45) is 4.26. The summed E-state index contributed by atoms with van der Waals surface area (Å²) in [6.45, 7) is 2.35. The number of hydrogen-bond acceptors (Lipinski definition) is 4. The highest BCUT2D eigenvalue weighted by Gasteiger charge is 2.28. The maximum atomic E-state index is 11.6. The topological polar surface area (TPSA) is 66.1 Å². The molecule has 17 heavy (non-hydrogen) atoms. The fourth-order valence-corrected chi connectivity index (χ4v) is 2.63. The molecule has 5 nitrogen and oxygen atoms in total. The molecule has 1 unspecified atom stereocenters. The van der Waals surface area contributed by atoms with Crippen LogP contribution in [0, 0.1) is 0 Å². The fraction of sp³-hybridized carbons (Fsp3) is 0.545. The van der Waals surface area contributed by atoms with E-state index in [1.165, 1.54) is 6.33 Å². The summed E-state index contributed by atoms with van der Waals surface area (Å²) >= 11 is 3.23. The number of H-pyrrole nitrogens is 1. The predicted octanol–water partition coefficient (Wildman–Crippen LogP) is 1.48. The van der Waals surface area contributed by atoms with E-state index >= 15 is 0 Å². The third-order valence-electron chi connectivity index (χ3n) is 3.02. The monoisotopic (exact) mass is 299 g/mol. The van der Waals surface area contributed by atoms with Gasteiger partial charge in [-0.15, -0.1) is 0 Å². The van der Waals surface area contributed by atoms with Gasteiger partial charge in [-0.1, -0.05) is 0 Å². The summed E-state index contributed by atoms with van der Waals surface area (Å²) in [5.41, 5.74) is -0.220. The van der Waals surface area contributed by atoms with Crippen LogP contribution in [0.1, 0.15) is 26.2 Å². The number of hydrogen-bond donors (Lipinski definition) is 1. The van der Waals surface area contributed by atoms with Crippen LogP contribution >= 0.6 is 15.9 Å². The van der Waals surface area contributed by atoms with Crippen LogP contribution in [0.2, 0.25) is 0 Å². The second-order valence-electron chi connectivity index (χ2n) is 4.18. The van der Waals surface area contributed by atoms with E-state index in [1.807, 2.05) is 4.90 Å². The van der Waals surface area contributed by atoms with Gasteiger partial charge in [-0.25, -0.2) is 4.98 Å². The quantitative estimate of drug-likeness (QED) is 0.898. The van der Waals surface area contributed by atoms with Crippen molar-refractivity contribution < 1.29 is 4.79 Å². The molecular weight excluding hydrogens is 286 g/mol. The Morgan fingerprint density at radius 2 is 2.35 bits per heavy atom. The molecule has 1 aromatic rings. The van der Waals surface area contributed by atoms with Crippen LogP contribution in [-0.4, -0.2) is 28.3 Å². The van der Waals surface area contributed by atoms with Crippen molar-refractivity contribution in [2.24, 2.45) is 0 Å². The summed E-state index contributed by atoms with van der Waals surface area (Å²) in [5.74, 6) is 0.687. The number of nitrogens with zero attached hydrogens (tertiary/aromatic N) is 2. The number of carbonyl (C=O) groups excluding carboxylic acids is 1. The second-order valence-corrected chi connectivity index (χ2v) is 4.98. The molecule has 0 radical (unpaired) electrons. The normalized spacial score (nSPS) is 20.4. The Morgan fingerprint density at radius 3 is 3.06 bits per heavy atom. The SMILES string of the molecule is CC(=O)C1CCCCN1c1nc[nH]c(=O)c1Br. The number of aromatic amines is 1. The Kier molecular flexibility index (Phi) is 3.61. The number of aromatic nitrogens is 2. The molecule has 1 saturated heterocycles. The van der Waals surface area contributed by atoms with Gasteiger partial charge in [-0.05, 0) is 42.1 Å².